The molecule has 2 aromatic carbocycles. The smallest absolute Gasteiger partial charge is 0.125 e. The molecule has 0 aliphatic heterocycles. The van der Waals surface area contributed by atoms with Crippen LogP contribution in [-0.2, 0) is 13.0 Å². The minimum atomic E-state index is 0.415. The zero-order valence-corrected chi connectivity index (χ0v) is 15.0. The summed E-state index contributed by atoms with van der Waals surface area (Å²) in [6.45, 7) is 2.44. The van der Waals surface area contributed by atoms with Gasteiger partial charge in [-0.2, -0.15) is 0 Å². The van der Waals surface area contributed by atoms with Gasteiger partial charge in [-0.1, -0.05) is 30.3 Å². The van der Waals surface area contributed by atoms with Gasteiger partial charge >= 0.3 is 0 Å². The third-order valence-electron chi connectivity index (χ3n) is 4.30. The van der Waals surface area contributed by atoms with E-state index < -0.39 is 0 Å². The lowest BCUT2D eigenvalue weighted by molar-refractivity contribution is 0.302. The summed E-state index contributed by atoms with van der Waals surface area (Å²) in [5.74, 6) is 1.97. The molecule has 0 fully saturated rings. The average Bonchev–Trinajstić information content (AvgIpc) is 2.65. The first kappa shape index (κ1) is 17.6. The van der Waals surface area contributed by atoms with Crippen LogP contribution in [0.5, 0.6) is 11.5 Å². The van der Waals surface area contributed by atoms with E-state index in [0.717, 1.165) is 33.9 Å². The number of aromatic nitrogens is 1. The van der Waals surface area contributed by atoms with Crippen LogP contribution >= 0.6 is 0 Å². The molecule has 0 aliphatic carbocycles. The summed E-state index contributed by atoms with van der Waals surface area (Å²) in [5.41, 5.74) is 16.4. The van der Waals surface area contributed by atoms with Crippen molar-refractivity contribution >= 4 is 11.5 Å². The largest absolute Gasteiger partial charge is 0.497 e. The van der Waals surface area contributed by atoms with Crippen molar-refractivity contribution in [2.45, 2.75) is 20.0 Å². The Bertz CT molecular complexity index is 895. The van der Waals surface area contributed by atoms with Gasteiger partial charge in [-0.25, -0.2) is 4.98 Å². The van der Waals surface area contributed by atoms with Gasteiger partial charge in [0.25, 0.3) is 0 Å². The van der Waals surface area contributed by atoms with E-state index in [1.807, 2.05) is 55.5 Å². The molecule has 26 heavy (non-hydrogen) atoms. The Labute approximate surface area is 153 Å². The van der Waals surface area contributed by atoms with Crippen LogP contribution < -0.4 is 20.9 Å². The first-order valence-corrected chi connectivity index (χ1v) is 8.42. The predicted molar refractivity (Wildman–Crippen MR) is 104 cm³/mol. The number of hydrogen-bond donors (Lipinski definition) is 2. The van der Waals surface area contributed by atoms with Gasteiger partial charge in [0.05, 0.1) is 12.8 Å². The highest BCUT2D eigenvalue weighted by Gasteiger charge is 2.12. The molecule has 0 unspecified atom stereocenters. The minimum absolute atomic E-state index is 0.415. The molecule has 3 rings (SSSR count). The second-order valence-corrected chi connectivity index (χ2v) is 6.13. The molecule has 1 aromatic heterocycles. The number of ether oxygens (including phenoxy) is 2. The third kappa shape index (κ3) is 4.06. The van der Waals surface area contributed by atoms with Crippen LogP contribution in [0.3, 0.4) is 0 Å². The van der Waals surface area contributed by atoms with Crippen molar-refractivity contribution in [3.63, 3.8) is 0 Å². The molecule has 0 spiro atoms. The van der Waals surface area contributed by atoms with Gasteiger partial charge in [0.15, 0.2) is 0 Å². The van der Waals surface area contributed by atoms with Gasteiger partial charge in [0, 0.05) is 23.7 Å². The van der Waals surface area contributed by atoms with E-state index in [-0.39, 0.29) is 0 Å². The predicted octanol–water partition coefficient (Wildman–Crippen LogP) is 3.73. The highest BCUT2D eigenvalue weighted by molar-refractivity contribution is 5.56. The lowest BCUT2D eigenvalue weighted by atomic mass is 10.0. The Balaban J connectivity index is 1.89. The number of pyridine rings is 1. The van der Waals surface area contributed by atoms with Gasteiger partial charge in [-0.3, -0.25) is 0 Å². The fraction of sp³-hybridized carbons (Fsp3) is 0.190. The van der Waals surface area contributed by atoms with Crippen LogP contribution in [0.1, 0.15) is 22.4 Å². The number of nitrogens with zero attached hydrogens (tertiary/aromatic N) is 1. The Morgan fingerprint density at radius 2 is 1.77 bits per heavy atom. The Morgan fingerprint density at radius 1 is 1.00 bits per heavy atom. The standard InChI is InChI=1S/C21H23N3O2/c1-14-18(22)12-21(23)24-19(14)11-16-10-17(25-2)8-9-20(16)26-13-15-6-4-3-5-7-15/h3-10,12H,11,13H2,1-2H3,(H4,22,23,24). The maximum absolute atomic E-state index is 6.05. The number of nitrogen functional groups attached to an aromatic ring is 2. The van der Waals surface area contributed by atoms with Crippen LogP contribution in [0.25, 0.3) is 0 Å². The number of hydrogen-bond acceptors (Lipinski definition) is 5. The molecule has 0 radical (unpaired) electrons. The first-order chi connectivity index (χ1) is 12.6. The molecule has 3 aromatic rings. The topological polar surface area (TPSA) is 83.4 Å². The summed E-state index contributed by atoms with van der Waals surface area (Å²) >= 11 is 0. The second kappa shape index (κ2) is 7.78. The third-order valence-corrected chi connectivity index (χ3v) is 4.30. The molecule has 5 nitrogen and oxygen atoms in total. The Hall–Kier alpha value is -3.21. The van der Waals surface area contributed by atoms with E-state index in [1.165, 1.54) is 0 Å². The molecular weight excluding hydrogens is 326 g/mol. The lowest BCUT2D eigenvalue weighted by Crippen LogP contribution is -2.05. The van der Waals surface area contributed by atoms with E-state index in [0.29, 0.717) is 24.5 Å². The van der Waals surface area contributed by atoms with Gasteiger partial charge in [-0.15, -0.1) is 0 Å². The molecule has 0 aliphatic rings. The van der Waals surface area contributed by atoms with E-state index >= 15 is 0 Å². The van der Waals surface area contributed by atoms with Gasteiger partial charge in [0.1, 0.15) is 23.9 Å². The van der Waals surface area contributed by atoms with Crippen LogP contribution in [0.15, 0.2) is 54.6 Å². The van der Waals surface area contributed by atoms with Gasteiger partial charge in [0.2, 0.25) is 0 Å². The first-order valence-electron chi connectivity index (χ1n) is 8.42. The zero-order chi connectivity index (χ0) is 18.5. The molecule has 0 amide bonds. The highest BCUT2D eigenvalue weighted by atomic mass is 16.5. The molecular formula is C21H23N3O2. The lowest BCUT2D eigenvalue weighted by Gasteiger charge is -2.15. The average molecular weight is 349 g/mol. The number of rotatable bonds is 6. The van der Waals surface area contributed by atoms with Crippen molar-refractivity contribution in [2.75, 3.05) is 18.6 Å². The number of methoxy groups -OCH3 is 1. The summed E-state index contributed by atoms with van der Waals surface area (Å²) in [6, 6.07) is 17.5. The monoisotopic (exact) mass is 349 g/mol. The molecule has 0 saturated carbocycles. The number of benzene rings is 2. The van der Waals surface area contributed by atoms with E-state index in [1.54, 1.807) is 13.2 Å². The van der Waals surface area contributed by atoms with Crippen molar-refractivity contribution in [1.29, 1.82) is 0 Å². The molecule has 0 atom stereocenters. The van der Waals surface area contributed by atoms with Crippen molar-refractivity contribution in [1.82, 2.24) is 4.98 Å². The minimum Gasteiger partial charge on any atom is -0.497 e. The zero-order valence-electron chi connectivity index (χ0n) is 15.0. The summed E-state index contributed by atoms with van der Waals surface area (Å²) < 4.78 is 11.4. The molecule has 0 bridgehead atoms. The molecule has 134 valence electrons. The molecule has 4 N–H and O–H groups in total. The van der Waals surface area contributed by atoms with E-state index in [4.69, 9.17) is 20.9 Å². The van der Waals surface area contributed by atoms with Gasteiger partial charge in [-0.05, 0) is 36.2 Å². The Morgan fingerprint density at radius 3 is 2.50 bits per heavy atom. The number of nitrogens with two attached hydrogens (primary N) is 2. The van der Waals surface area contributed by atoms with Crippen molar-refractivity contribution in [3.05, 3.63) is 77.0 Å². The normalized spacial score (nSPS) is 10.5. The molecule has 5 heteroatoms. The fourth-order valence-corrected chi connectivity index (χ4v) is 2.76. The fourth-order valence-electron chi connectivity index (χ4n) is 2.76. The van der Waals surface area contributed by atoms with E-state index in [9.17, 15) is 0 Å². The van der Waals surface area contributed by atoms with Gasteiger partial charge < -0.3 is 20.9 Å². The van der Waals surface area contributed by atoms with E-state index in [2.05, 4.69) is 4.98 Å². The van der Waals surface area contributed by atoms with Crippen LogP contribution in [-0.4, -0.2) is 12.1 Å². The van der Waals surface area contributed by atoms with Crippen molar-refractivity contribution < 1.29 is 9.47 Å². The quantitative estimate of drug-likeness (QED) is 0.708. The van der Waals surface area contributed by atoms with Crippen LogP contribution in [0, 0.1) is 6.92 Å². The van der Waals surface area contributed by atoms with Crippen LogP contribution in [0.4, 0.5) is 11.5 Å². The SMILES string of the molecule is COc1ccc(OCc2ccccc2)c(Cc2nc(N)cc(N)c2C)c1. The summed E-state index contributed by atoms with van der Waals surface area (Å²) in [7, 11) is 1.64. The maximum atomic E-state index is 6.05. The molecule has 1 heterocycles. The second-order valence-electron chi connectivity index (χ2n) is 6.13. The molecule has 0 saturated heterocycles. The highest BCUT2D eigenvalue weighted by Crippen LogP contribution is 2.29. The Kier molecular flexibility index (Phi) is 5.27. The van der Waals surface area contributed by atoms with Crippen LogP contribution in [0.2, 0.25) is 0 Å². The summed E-state index contributed by atoms with van der Waals surface area (Å²) in [5, 5.41) is 0. The number of anilines is 2. The summed E-state index contributed by atoms with van der Waals surface area (Å²) in [4.78, 5) is 4.45. The summed E-state index contributed by atoms with van der Waals surface area (Å²) in [6.07, 6.45) is 0.558. The van der Waals surface area contributed by atoms with Crippen molar-refractivity contribution in [3.8, 4) is 11.5 Å². The van der Waals surface area contributed by atoms with Crippen molar-refractivity contribution in [2.24, 2.45) is 0 Å². The maximum Gasteiger partial charge on any atom is 0.125 e.